The first-order chi connectivity index (χ1) is 18.0. The van der Waals surface area contributed by atoms with E-state index in [9.17, 15) is 27.7 Å². The number of amides is 2. The van der Waals surface area contributed by atoms with Crippen LogP contribution in [0.25, 0.3) is 0 Å². The average molecular weight is 586 g/mol. The highest BCUT2D eigenvalue weighted by atomic mass is 35.5. The van der Waals surface area contributed by atoms with Crippen molar-refractivity contribution in [2.45, 2.75) is 48.7 Å². The van der Waals surface area contributed by atoms with Crippen molar-refractivity contribution in [3.05, 3.63) is 52.2 Å². The van der Waals surface area contributed by atoms with Crippen molar-refractivity contribution in [1.82, 2.24) is 20.0 Å². The summed E-state index contributed by atoms with van der Waals surface area (Å²) < 4.78 is 59.9. The van der Waals surface area contributed by atoms with Crippen molar-refractivity contribution >= 4 is 45.4 Å². The quantitative estimate of drug-likeness (QED) is 0.345. The number of carbonyl (C=O) groups excluding carboxylic acids is 1. The third kappa shape index (κ3) is 4.83. The van der Waals surface area contributed by atoms with Gasteiger partial charge in [0, 0.05) is 12.6 Å². The number of amidine groups is 1. The molecule has 1 fully saturated rings. The van der Waals surface area contributed by atoms with Crippen LogP contribution in [-0.4, -0.2) is 59.6 Å². The molecule has 0 aromatic carbocycles. The molecule has 11 nitrogen and oxygen atoms in total. The topological polar surface area (TPSA) is 169 Å². The van der Waals surface area contributed by atoms with Gasteiger partial charge >= 0.3 is 6.09 Å². The molecule has 0 spiro atoms. The van der Waals surface area contributed by atoms with Crippen LogP contribution in [0.1, 0.15) is 48.9 Å². The summed E-state index contributed by atoms with van der Waals surface area (Å²) >= 11 is 6.04. The molecule has 2 aliphatic heterocycles. The molecular formula is C23H23ClF3N7O4S. The number of nitriles is 1. The third-order valence-electron chi connectivity index (χ3n) is 6.88. The number of thiol groups is 1. The van der Waals surface area contributed by atoms with Crippen LogP contribution < -0.4 is 15.4 Å². The van der Waals surface area contributed by atoms with Crippen LogP contribution in [-0.2, 0) is 15.7 Å². The van der Waals surface area contributed by atoms with Crippen LogP contribution in [0, 0.1) is 17.1 Å². The number of alkyl halides is 2. The monoisotopic (exact) mass is 585 g/mol. The molecule has 2 amide bonds. The van der Waals surface area contributed by atoms with Crippen LogP contribution in [0.2, 0.25) is 5.02 Å². The number of aromatic nitrogens is 2. The Labute approximate surface area is 226 Å². The van der Waals surface area contributed by atoms with Gasteiger partial charge in [-0.1, -0.05) is 11.6 Å². The van der Waals surface area contributed by atoms with E-state index in [2.05, 4.69) is 30.3 Å². The maximum absolute atomic E-state index is 15.3. The molecule has 4 N–H and O–H groups in total. The number of fused-ring (bicyclic) bond motifs is 1. The Morgan fingerprint density at radius 2 is 1.97 bits per heavy atom. The molecule has 4 rings (SSSR count). The van der Waals surface area contributed by atoms with Crippen LogP contribution >= 0.6 is 11.6 Å². The molecule has 0 aliphatic carbocycles. The second-order valence-corrected chi connectivity index (χ2v) is 13.6. The summed E-state index contributed by atoms with van der Waals surface area (Å²) in [6.45, 7) is 3.12. The number of anilines is 1. The van der Waals surface area contributed by atoms with E-state index < -0.39 is 68.1 Å². The van der Waals surface area contributed by atoms with E-state index in [1.165, 1.54) is 26.8 Å². The second kappa shape index (κ2) is 9.54. The predicted molar refractivity (Wildman–Crippen MR) is 137 cm³/mol. The molecule has 16 heteroatoms. The average Bonchev–Trinajstić information content (AvgIpc) is 2.84. The molecule has 2 aliphatic rings. The maximum Gasteiger partial charge on any atom is 0.410 e. The number of halogens is 4. The Morgan fingerprint density at radius 3 is 2.59 bits per heavy atom. The van der Waals surface area contributed by atoms with Gasteiger partial charge in [-0.15, -0.1) is 0 Å². The number of hydrogen-bond donors (Lipinski definition) is 5. The maximum atomic E-state index is 15.3. The van der Waals surface area contributed by atoms with E-state index in [-0.39, 0.29) is 27.9 Å². The molecule has 208 valence electrons. The third-order valence-corrected chi connectivity index (χ3v) is 11.2. The first kappa shape index (κ1) is 28.4. The van der Waals surface area contributed by atoms with E-state index in [4.69, 9.17) is 16.9 Å². The number of nitrogens with one attached hydrogen (secondary N) is 3. The molecule has 4 heterocycles. The van der Waals surface area contributed by atoms with Crippen molar-refractivity contribution in [1.29, 1.82) is 5.26 Å². The van der Waals surface area contributed by atoms with Crippen molar-refractivity contribution < 1.29 is 32.1 Å². The van der Waals surface area contributed by atoms with Gasteiger partial charge in [0.2, 0.25) is 0 Å². The summed E-state index contributed by atoms with van der Waals surface area (Å²) in [5.74, 6) is -5.76. The summed E-state index contributed by atoms with van der Waals surface area (Å²) in [5.41, 5.74) is -2.74. The van der Waals surface area contributed by atoms with Gasteiger partial charge < -0.3 is 10.4 Å². The van der Waals surface area contributed by atoms with Gasteiger partial charge in [-0.3, -0.25) is 24.0 Å². The summed E-state index contributed by atoms with van der Waals surface area (Å²) in [5, 5.41) is 21.1. The van der Waals surface area contributed by atoms with Gasteiger partial charge in [0.25, 0.3) is 11.8 Å². The molecule has 0 bridgehead atoms. The summed E-state index contributed by atoms with van der Waals surface area (Å²) in [6.07, 6.45) is -1.36. The van der Waals surface area contributed by atoms with Gasteiger partial charge in [0.1, 0.15) is 40.5 Å². The lowest BCUT2D eigenvalue weighted by atomic mass is 9.88. The van der Waals surface area contributed by atoms with Gasteiger partial charge in [0.15, 0.2) is 0 Å². The van der Waals surface area contributed by atoms with Crippen LogP contribution in [0.4, 0.5) is 23.8 Å². The normalized spacial score (nSPS) is 25.3. The van der Waals surface area contributed by atoms with Crippen LogP contribution in [0.5, 0.6) is 0 Å². The van der Waals surface area contributed by atoms with Crippen molar-refractivity contribution in [2.75, 3.05) is 11.9 Å². The summed E-state index contributed by atoms with van der Waals surface area (Å²) in [6, 6.07) is 5.05. The van der Waals surface area contributed by atoms with Gasteiger partial charge in [-0.2, -0.15) is 5.26 Å². The number of nitrogens with zero attached hydrogens (tertiary/aromatic N) is 4. The fourth-order valence-corrected chi connectivity index (χ4v) is 8.72. The smallest absolute Gasteiger partial charge is 0.410 e. The second-order valence-electron chi connectivity index (χ2n) is 9.81. The highest BCUT2D eigenvalue weighted by molar-refractivity contribution is 8.04. The molecule has 0 unspecified atom stereocenters. The van der Waals surface area contributed by atoms with Gasteiger partial charge in [0.05, 0.1) is 27.1 Å². The lowest BCUT2D eigenvalue weighted by Crippen LogP contribution is -2.73. The van der Waals surface area contributed by atoms with Crippen LogP contribution in [0.3, 0.4) is 0 Å². The van der Waals surface area contributed by atoms with Gasteiger partial charge in [-0.25, -0.2) is 27.9 Å². The molecule has 2 atom stereocenters. The summed E-state index contributed by atoms with van der Waals surface area (Å²) in [7, 11) is -3.96. The Morgan fingerprint density at radius 1 is 1.28 bits per heavy atom. The van der Waals surface area contributed by atoms with E-state index in [1.807, 2.05) is 6.07 Å². The number of carboxylic acid groups (broad SMARTS) is 1. The summed E-state index contributed by atoms with van der Waals surface area (Å²) in [4.78, 5) is 36.6. The SMILES string of the molecule is CC1(C)C(NC(=O)O)=N[C@](C)(c2nc(NC(=O)c3ncc(C#N)cc3Cl)ccc2F)[C@H]2CC(F)(F)CN[SH]21=O. The Hall–Kier alpha value is -3.61. The molecular weight excluding hydrogens is 563 g/mol. The van der Waals surface area contributed by atoms with E-state index >= 15 is 4.39 Å². The largest absolute Gasteiger partial charge is 0.465 e. The lowest BCUT2D eigenvalue weighted by Gasteiger charge is -2.57. The number of carbonyl (C=O) groups is 2. The zero-order chi connectivity index (χ0) is 29.0. The highest BCUT2D eigenvalue weighted by Gasteiger charge is 2.62. The van der Waals surface area contributed by atoms with E-state index in [0.29, 0.717) is 0 Å². The van der Waals surface area contributed by atoms with Crippen molar-refractivity contribution in [2.24, 2.45) is 4.99 Å². The molecule has 2 aromatic heterocycles. The van der Waals surface area contributed by atoms with E-state index in [0.717, 1.165) is 18.3 Å². The lowest BCUT2D eigenvalue weighted by molar-refractivity contribution is -0.0139. The first-order valence-electron chi connectivity index (χ1n) is 11.4. The Bertz CT molecular complexity index is 1510. The fourth-order valence-electron chi connectivity index (χ4n) is 4.77. The molecule has 2 aromatic rings. The minimum absolute atomic E-state index is 0.109. The molecule has 0 saturated carbocycles. The number of aliphatic imine (C=N–C) groups is 1. The Kier molecular flexibility index (Phi) is 6.95. The number of pyridine rings is 2. The van der Waals surface area contributed by atoms with Crippen LogP contribution in [0.15, 0.2) is 29.4 Å². The van der Waals surface area contributed by atoms with Crippen molar-refractivity contribution in [3.63, 3.8) is 0 Å². The Balaban J connectivity index is 1.83. The molecule has 39 heavy (non-hydrogen) atoms. The molecule has 1 saturated heterocycles. The standard InChI is InChI=1S/C23H23ClF3N7O4S/c1-21(2)19(33-20(36)37)34-22(3,14-7-23(26,27)10-30-39(14,21)38)17-13(25)4-5-15(31-17)32-18(35)16-12(24)6-11(8-28)9-29-16/h4-6,9,14,39H,7,10H2,1-3H3,(H,30,38)(H,33,34)(H,36,37)(H,31,32,35)/t14-,22+/m1/s1. The highest BCUT2D eigenvalue weighted by Crippen LogP contribution is 2.50. The first-order valence-corrected chi connectivity index (χ1v) is 13.6. The van der Waals surface area contributed by atoms with E-state index in [1.54, 1.807) is 0 Å². The zero-order valence-electron chi connectivity index (χ0n) is 20.7. The number of rotatable bonds is 3. The zero-order valence-corrected chi connectivity index (χ0v) is 22.4. The minimum atomic E-state index is -3.96. The van der Waals surface area contributed by atoms with Crippen molar-refractivity contribution in [3.8, 4) is 6.07 Å². The minimum Gasteiger partial charge on any atom is -0.465 e. The number of hydrogen-bond acceptors (Lipinski definition) is 7. The molecule has 0 radical (unpaired) electrons. The predicted octanol–water partition coefficient (Wildman–Crippen LogP) is 3.00. The fraction of sp³-hybridized carbons (Fsp3) is 0.391. The van der Waals surface area contributed by atoms with Gasteiger partial charge in [-0.05, 0) is 49.1 Å².